The van der Waals surface area contributed by atoms with E-state index in [9.17, 15) is 9.59 Å². The standard InChI is InChI=1S/C30H58O4/c1-3-5-7-9-11-13-14-15-17-19-21-23-28-34-30(32)26-24-25-29(31)33-27-22-20-18-16-12-10-8-6-4-2/h3-28H2,1-2H3. The molecule has 0 aliphatic rings. The van der Waals surface area contributed by atoms with Crippen molar-refractivity contribution in [1.82, 2.24) is 0 Å². The van der Waals surface area contributed by atoms with Crippen LogP contribution >= 0.6 is 0 Å². The van der Waals surface area contributed by atoms with Crippen LogP contribution < -0.4 is 0 Å². The summed E-state index contributed by atoms with van der Waals surface area (Å²) in [5.41, 5.74) is 0. The molecule has 0 spiro atoms. The summed E-state index contributed by atoms with van der Waals surface area (Å²) in [5, 5.41) is 0. The lowest BCUT2D eigenvalue weighted by Crippen LogP contribution is -2.09. The number of carbonyl (C=O) groups excluding carboxylic acids is 2. The van der Waals surface area contributed by atoms with Crippen LogP contribution in [0, 0.1) is 0 Å². The molecule has 0 aromatic carbocycles. The summed E-state index contributed by atoms with van der Waals surface area (Å²) in [6.07, 6.45) is 28.0. The van der Waals surface area contributed by atoms with Crippen LogP contribution in [0.15, 0.2) is 0 Å². The molecule has 202 valence electrons. The molecule has 0 N–H and O–H groups in total. The molecule has 0 saturated carbocycles. The zero-order valence-electron chi connectivity index (χ0n) is 23.0. The van der Waals surface area contributed by atoms with E-state index < -0.39 is 0 Å². The first-order valence-electron chi connectivity index (χ1n) is 15.0. The Bertz CT molecular complexity index is 436. The van der Waals surface area contributed by atoms with Gasteiger partial charge in [-0.25, -0.2) is 0 Å². The minimum absolute atomic E-state index is 0.185. The van der Waals surface area contributed by atoms with Gasteiger partial charge in [-0.15, -0.1) is 0 Å². The molecular weight excluding hydrogens is 424 g/mol. The van der Waals surface area contributed by atoms with E-state index in [0.717, 1.165) is 25.7 Å². The molecule has 0 bridgehead atoms. The number of carbonyl (C=O) groups is 2. The molecule has 0 radical (unpaired) electrons. The quantitative estimate of drug-likeness (QED) is 0.0864. The second-order valence-electron chi connectivity index (χ2n) is 10.0. The lowest BCUT2D eigenvalue weighted by atomic mass is 10.1. The van der Waals surface area contributed by atoms with Gasteiger partial charge < -0.3 is 9.47 Å². The number of hydrogen-bond acceptors (Lipinski definition) is 4. The molecule has 0 amide bonds. The summed E-state index contributed by atoms with van der Waals surface area (Å²) < 4.78 is 10.6. The highest BCUT2D eigenvalue weighted by Crippen LogP contribution is 2.12. The third-order valence-corrected chi connectivity index (χ3v) is 6.53. The van der Waals surface area contributed by atoms with Crippen molar-refractivity contribution in [3.63, 3.8) is 0 Å². The van der Waals surface area contributed by atoms with E-state index >= 15 is 0 Å². The van der Waals surface area contributed by atoms with Gasteiger partial charge in [0.1, 0.15) is 0 Å². The largest absolute Gasteiger partial charge is 0.466 e. The molecule has 0 aliphatic carbocycles. The minimum Gasteiger partial charge on any atom is -0.466 e. The molecule has 4 nitrogen and oxygen atoms in total. The number of rotatable bonds is 27. The first-order valence-corrected chi connectivity index (χ1v) is 15.0. The van der Waals surface area contributed by atoms with Gasteiger partial charge in [-0.2, -0.15) is 0 Å². The van der Waals surface area contributed by atoms with E-state index in [2.05, 4.69) is 13.8 Å². The highest BCUT2D eigenvalue weighted by atomic mass is 16.5. The molecule has 34 heavy (non-hydrogen) atoms. The van der Waals surface area contributed by atoms with Crippen molar-refractivity contribution in [2.45, 2.75) is 168 Å². The fraction of sp³-hybridized carbons (Fsp3) is 0.933. The van der Waals surface area contributed by atoms with Gasteiger partial charge in [0.05, 0.1) is 13.2 Å². The fourth-order valence-electron chi connectivity index (χ4n) is 4.25. The summed E-state index contributed by atoms with van der Waals surface area (Å²) >= 11 is 0. The van der Waals surface area contributed by atoms with Gasteiger partial charge in [-0.1, -0.05) is 136 Å². The van der Waals surface area contributed by atoms with Crippen LogP contribution in [0.25, 0.3) is 0 Å². The van der Waals surface area contributed by atoms with Gasteiger partial charge >= 0.3 is 11.9 Å². The lowest BCUT2D eigenvalue weighted by Gasteiger charge is -2.06. The summed E-state index contributed by atoms with van der Waals surface area (Å²) in [6, 6.07) is 0. The van der Waals surface area contributed by atoms with Crippen LogP contribution in [-0.2, 0) is 19.1 Å². The maximum atomic E-state index is 11.8. The molecule has 0 saturated heterocycles. The Hall–Kier alpha value is -1.06. The molecular formula is C30H58O4. The van der Waals surface area contributed by atoms with Gasteiger partial charge in [0.2, 0.25) is 0 Å². The zero-order chi connectivity index (χ0) is 25.0. The summed E-state index contributed by atoms with van der Waals surface area (Å²) in [4.78, 5) is 23.6. The van der Waals surface area contributed by atoms with E-state index in [1.165, 1.54) is 109 Å². The Morgan fingerprint density at radius 3 is 0.941 bits per heavy atom. The molecule has 0 fully saturated rings. The number of ether oxygens (including phenoxy) is 2. The van der Waals surface area contributed by atoms with Crippen molar-refractivity contribution < 1.29 is 19.1 Å². The van der Waals surface area contributed by atoms with Gasteiger partial charge in [-0.3, -0.25) is 9.59 Å². The average Bonchev–Trinajstić information content (AvgIpc) is 2.83. The highest BCUT2D eigenvalue weighted by Gasteiger charge is 2.07. The molecule has 0 aromatic rings. The van der Waals surface area contributed by atoms with Crippen LogP contribution in [-0.4, -0.2) is 25.2 Å². The van der Waals surface area contributed by atoms with Crippen LogP contribution in [0.1, 0.15) is 168 Å². The molecule has 0 aliphatic heterocycles. The maximum absolute atomic E-state index is 11.8. The molecule has 0 aromatic heterocycles. The van der Waals surface area contributed by atoms with Gasteiger partial charge in [0, 0.05) is 12.8 Å². The Morgan fingerprint density at radius 2 is 0.647 bits per heavy atom. The lowest BCUT2D eigenvalue weighted by molar-refractivity contribution is -0.145. The van der Waals surface area contributed by atoms with E-state index in [1.54, 1.807) is 0 Å². The normalized spacial score (nSPS) is 11.0. The number of esters is 2. The second kappa shape index (κ2) is 28.2. The Kier molecular flexibility index (Phi) is 27.3. The average molecular weight is 483 g/mol. The van der Waals surface area contributed by atoms with Crippen molar-refractivity contribution >= 4 is 11.9 Å². The van der Waals surface area contributed by atoms with Crippen LogP contribution in [0.4, 0.5) is 0 Å². The third-order valence-electron chi connectivity index (χ3n) is 6.53. The summed E-state index contributed by atoms with van der Waals surface area (Å²) in [7, 11) is 0. The Balaban J connectivity index is 3.28. The molecule has 0 heterocycles. The predicted octanol–water partition coefficient (Wildman–Crippen LogP) is 9.48. The molecule has 4 heteroatoms. The first-order chi connectivity index (χ1) is 16.7. The fourth-order valence-corrected chi connectivity index (χ4v) is 4.25. The van der Waals surface area contributed by atoms with Gasteiger partial charge in [-0.05, 0) is 19.3 Å². The van der Waals surface area contributed by atoms with E-state index in [1.807, 2.05) is 0 Å². The van der Waals surface area contributed by atoms with Gasteiger partial charge in [0.25, 0.3) is 0 Å². The number of hydrogen-bond donors (Lipinski definition) is 0. The molecule has 0 unspecified atom stereocenters. The van der Waals surface area contributed by atoms with Crippen LogP contribution in [0.2, 0.25) is 0 Å². The van der Waals surface area contributed by atoms with E-state index in [-0.39, 0.29) is 11.9 Å². The minimum atomic E-state index is -0.187. The first kappa shape index (κ1) is 32.9. The topological polar surface area (TPSA) is 52.6 Å². The number of unbranched alkanes of at least 4 members (excludes halogenated alkanes) is 19. The highest BCUT2D eigenvalue weighted by molar-refractivity contribution is 5.72. The summed E-state index contributed by atoms with van der Waals surface area (Å²) in [5.74, 6) is -0.372. The smallest absolute Gasteiger partial charge is 0.305 e. The SMILES string of the molecule is CCCCCCCCCCCCCCOC(=O)CCCC(=O)OCCCCCCCCCCC. The maximum Gasteiger partial charge on any atom is 0.305 e. The summed E-state index contributed by atoms with van der Waals surface area (Å²) in [6.45, 7) is 5.53. The predicted molar refractivity (Wildman–Crippen MR) is 144 cm³/mol. The molecule has 0 atom stereocenters. The van der Waals surface area contributed by atoms with E-state index in [4.69, 9.17) is 9.47 Å². The Labute approximate surface area is 212 Å². The van der Waals surface area contributed by atoms with E-state index in [0.29, 0.717) is 32.5 Å². The van der Waals surface area contributed by atoms with Crippen molar-refractivity contribution in [2.75, 3.05) is 13.2 Å². The monoisotopic (exact) mass is 482 g/mol. The third kappa shape index (κ3) is 27.2. The van der Waals surface area contributed by atoms with Crippen LogP contribution in [0.5, 0.6) is 0 Å². The van der Waals surface area contributed by atoms with Crippen molar-refractivity contribution in [3.8, 4) is 0 Å². The van der Waals surface area contributed by atoms with Crippen molar-refractivity contribution in [1.29, 1.82) is 0 Å². The van der Waals surface area contributed by atoms with Crippen molar-refractivity contribution in [3.05, 3.63) is 0 Å². The Morgan fingerprint density at radius 1 is 0.382 bits per heavy atom. The second-order valence-corrected chi connectivity index (χ2v) is 10.0. The van der Waals surface area contributed by atoms with Gasteiger partial charge in [0.15, 0.2) is 0 Å². The molecule has 0 rings (SSSR count). The van der Waals surface area contributed by atoms with Crippen LogP contribution in [0.3, 0.4) is 0 Å². The van der Waals surface area contributed by atoms with Crippen molar-refractivity contribution in [2.24, 2.45) is 0 Å². The zero-order valence-corrected chi connectivity index (χ0v) is 23.0.